The fourth-order valence-corrected chi connectivity index (χ4v) is 5.63. The highest BCUT2D eigenvalue weighted by Gasteiger charge is 2.28. The summed E-state index contributed by atoms with van der Waals surface area (Å²) in [6.07, 6.45) is 2.81. The number of hydrogen-bond acceptors (Lipinski definition) is 9. The van der Waals surface area contributed by atoms with Crippen LogP contribution in [0.1, 0.15) is 18.0 Å². The summed E-state index contributed by atoms with van der Waals surface area (Å²) in [5, 5.41) is 12.2. The highest BCUT2D eigenvalue weighted by molar-refractivity contribution is 7.17. The van der Waals surface area contributed by atoms with Gasteiger partial charge in [-0.15, -0.1) is 11.3 Å². The maximum Gasteiger partial charge on any atom is 0.229 e. The Bertz CT molecular complexity index is 1380. The number of methoxy groups -OCH3 is 1. The summed E-state index contributed by atoms with van der Waals surface area (Å²) in [6.45, 7) is 4.06. The molecule has 0 aliphatic carbocycles. The van der Waals surface area contributed by atoms with Crippen LogP contribution < -0.4 is 20.0 Å². The van der Waals surface area contributed by atoms with Crippen LogP contribution in [0, 0.1) is 0 Å². The Hall–Kier alpha value is -3.69. The van der Waals surface area contributed by atoms with Gasteiger partial charge < -0.3 is 19.9 Å². The van der Waals surface area contributed by atoms with Gasteiger partial charge in [0.15, 0.2) is 5.82 Å². The van der Waals surface area contributed by atoms with Crippen LogP contribution in [0.15, 0.2) is 65.1 Å². The Morgan fingerprint density at radius 3 is 2.64 bits per heavy atom. The predicted molar refractivity (Wildman–Crippen MR) is 148 cm³/mol. The molecule has 4 aromatic rings. The largest absolute Gasteiger partial charge is 0.495 e. The first kappa shape index (κ1) is 22.8. The minimum absolute atomic E-state index is 0.113. The molecule has 1 unspecified atom stereocenters. The molecule has 2 aromatic heterocycles. The Morgan fingerprint density at radius 2 is 1.83 bits per heavy atom. The van der Waals surface area contributed by atoms with E-state index in [1.54, 1.807) is 18.4 Å². The third-order valence-electron chi connectivity index (χ3n) is 6.80. The molecule has 0 radical (unpaired) electrons. The average molecular weight is 500 g/mol. The monoisotopic (exact) mass is 499 g/mol. The van der Waals surface area contributed by atoms with Crippen LogP contribution >= 0.6 is 11.3 Å². The molecule has 0 saturated carbocycles. The van der Waals surface area contributed by atoms with Gasteiger partial charge in [-0.2, -0.15) is 10.1 Å². The number of thiophene rings is 1. The first-order valence-electron chi connectivity index (χ1n) is 12.2. The molecule has 0 spiro atoms. The first-order chi connectivity index (χ1) is 17.7. The third-order valence-corrected chi connectivity index (χ3v) is 7.70. The predicted octanol–water partition coefficient (Wildman–Crippen LogP) is 5.13. The SMILES string of the molecule is COc1cc(Nc2nc(N3N=CCC3c3ccccc3)c3sccc3n2)ccc1N1CCN(C)CC1. The maximum atomic E-state index is 5.77. The number of likely N-dealkylation sites (N-methyl/N-ethyl adjacent to an activating group) is 1. The fourth-order valence-electron chi connectivity index (χ4n) is 4.82. The zero-order chi connectivity index (χ0) is 24.5. The molecule has 8 nitrogen and oxygen atoms in total. The summed E-state index contributed by atoms with van der Waals surface area (Å²) in [5.41, 5.74) is 4.12. The molecule has 6 rings (SSSR count). The van der Waals surface area contributed by atoms with E-state index in [0.717, 1.165) is 65.8 Å². The van der Waals surface area contributed by atoms with Crippen molar-refractivity contribution in [1.29, 1.82) is 0 Å². The van der Waals surface area contributed by atoms with Gasteiger partial charge in [0, 0.05) is 50.6 Å². The second kappa shape index (κ2) is 9.75. The lowest BCUT2D eigenvalue weighted by molar-refractivity contribution is 0.311. The molecule has 0 amide bonds. The number of hydrazone groups is 1. The van der Waals surface area contributed by atoms with Crippen molar-refractivity contribution in [2.24, 2.45) is 5.10 Å². The van der Waals surface area contributed by atoms with Gasteiger partial charge in [0.05, 0.1) is 29.1 Å². The smallest absolute Gasteiger partial charge is 0.229 e. The lowest BCUT2D eigenvalue weighted by Gasteiger charge is -2.34. The van der Waals surface area contributed by atoms with E-state index in [-0.39, 0.29) is 6.04 Å². The lowest BCUT2D eigenvalue weighted by atomic mass is 10.0. The van der Waals surface area contributed by atoms with E-state index >= 15 is 0 Å². The zero-order valence-electron chi connectivity index (χ0n) is 20.5. The molecule has 1 N–H and O–H groups in total. The number of piperazine rings is 1. The second-order valence-corrected chi connectivity index (χ2v) is 10.0. The summed E-state index contributed by atoms with van der Waals surface area (Å²) >= 11 is 1.64. The summed E-state index contributed by atoms with van der Waals surface area (Å²) in [6, 6.07) is 18.8. The molecule has 1 fully saturated rings. The Kier molecular flexibility index (Phi) is 6.16. The number of fused-ring (bicyclic) bond motifs is 1. The molecule has 2 aliphatic rings. The molecular weight excluding hydrogens is 470 g/mol. The zero-order valence-corrected chi connectivity index (χ0v) is 21.3. The average Bonchev–Trinajstić information content (AvgIpc) is 3.59. The quantitative estimate of drug-likeness (QED) is 0.394. The number of anilines is 4. The van der Waals surface area contributed by atoms with Crippen molar-refractivity contribution in [2.75, 3.05) is 55.6 Å². The van der Waals surface area contributed by atoms with Crippen molar-refractivity contribution >= 4 is 50.9 Å². The van der Waals surface area contributed by atoms with Crippen LogP contribution in [-0.4, -0.2) is 61.4 Å². The van der Waals surface area contributed by atoms with E-state index < -0.39 is 0 Å². The number of nitrogens with one attached hydrogen (secondary N) is 1. The van der Waals surface area contributed by atoms with E-state index in [1.165, 1.54) is 5.56 Å². The Labute approximate surface area is 214 Å². The van der Waals surface area contributed by atoms with Crippen molar-refractivity contribution in [2.45, 2.75) is 12.5 Å². The molecule has 184 valence electrons. The van der Waals surface area contributed by atoms with Crippen molar-refractivity contribution in [3.63, 3.8) is 0 Å². The molecule has 2 aliphatic heterocycles. The highest BCUT2D eigenvalue weighted by Crippen LogP contribution is 2.39. The normalized spacial score (nSPS) is 18.2. The standard InChI is InChI=1S/C27H29N7OS/c1-32-13-15-33(16-14-32)23-9-8-20(18-24(23)35-2)29-27-30-21-11-17-36-25(21)26(31-27)34-22(10-12-28-34)19-6-4-3-5-7-19/h3-9,11-12,17-18,22H,10,13-16H2,1-2H3,(H,29,30,31). The maximum absolute atomic E-state index is 5.77. The van der Waals surface area contributed by atoms with Crippen LogP contribution in [0.2, 0.25) is 0 Å². The van der Waals surface area contributed by atoms with Crippen molar-refractivity contribution in [3.05, 3.63) is 65.5 Å². The third kappa shape index (κ3) is 4.36. The van der Waals surface area contributed by atoms with Crippen molar-refractivity contribution < 1.29 is 4.74 Å². The van der Waals surface area contributed by atoms with Gasteiger partial charge in [-0.1, -0.05) is 30.3 Å². The highest BCUT2D eigenvalue weighted by atomic mass is 32.1. The van der Waals surface area contributed by atoms with E-state index in [4.69, 9.17) is 19.8 Å². The number of ether oxygens (including phenoxy) is 1. The molecule has 4 heterocycles. The molecule has 0 bridgehead atoms. The number of nitrogens with zero attached hydrogens (tertiary/aromatic N) is 6. The number of rotatable bonds is 6. The number of benzene rings is 2. The van der Waals surface area contributed by atoms with Gasteiger partial charge in [0.25, 0.3) is 0 Å². The Balaban J connectivity index is 1.31. The molecule has 1 saturated heterocycles. The summed E-state index contributed by atoms with van der Waals surface area (Å²) in [4.78, 5) is 14.5. The van der Waals surface area contributed by atoms with Gasteiger partial charge >= 0.3 is 0 Å². The molecule has 1 atom stereocenters. The van der Waals surface area contributed by atoms with Gasteiger partial charge in [0.2, 0.25) is 5.95 Å². The molecule has 9 heteroatoms. The molecule has 36 heavy (non-hydrogen) atoms. The van der Waals surface area contributed by atoms with E-state index in [0.29, 0.717) is 5.95 Å². The number of hydrogen-bond donors (Lipinski definition) is 1. The molecule has 2 aromatic carbocycles. The summed E-state index contributed by atoms with van der Waals surface area (Å²) < 4.78 is 6.80. The summed E-state index contributed by atoms with van der Waals surface area (Å²) in [5.74, 6) is 2.20. The van der Waals surface area contributed by atoms with Crippen molar-refractivity contribution in [3.8, 4) is 5.75 Å². The van der Waals surface area contributed by atoms with Crippen LogP contribution in [0.3, 0.4) is 0 Å². The van der Waals surface area contributed by atoms with E-state index in [1.807, 2.05) is 29.4 Å². The topological polar surface area (TPSA) is 69.1 Å². The van der Waals surface area contributed by atoms with Gasteiger partial charge in [-0.3, -0.25) is 0 Å². The number of aromatic nitrogens is 2. The van der Waals surface area contributed by atoms with Crippen LogP contribution in [0.25, 0.3) is 10.2 Å². The minimum atomic E-state index is 0.113. The van der Waals surface area contributed by atoms with E-state index in [2.05, 4.69) is 63.9 Å². The van der Waals surface area contributed by atoms with E-state index in [9.17, 15) is 0 Å². The Morgan fingerprint density at radius 1 is 1.00 bits per heavy atom. The van der Waals surface area contributed by atoms with Crippen LogP contribution in [0.4, 0.5) is 23.1 Å². The lowest BCUT2D eigenvalue weighted by Crippen LogP contribution is -2.44. The van der Waals surface area contributed by atoms with Gasteiger partial charge in [-0.25, -0.2) is 9.99 Å². The van der Waals surface area contributed by atoms with Gasteiger partial charge in [0.1, 0.15) is 5.75 Å². The first-order valence-corrected chi connectivity index (χ1v) is 13.1. The minimum Gasteiger partial charge on any atom is -0.495 e. The van der Waals surface area contributed by atoms with Crippen LogP contribution in [0.5, 0.6) is 5.75 Å². The molecular formula is C27H29N7OS. The fraction of sp³-hybridized carbons (Fsp3) is 0.296. The van der Waals surface area contributed by atoms with Crippen molar-refractivity contribution in [1.82, 2.24) is 14.9 Å². The summed E-state index contributed by atoms with van der Waals surface area (Å²) in [7, 11) is 3.88. The second-order valence-electron chi connectivity index (χ2n) is 9.11. The van der Waals surface area contributed by atoms with Crippen LogP contribution in [-0.2, 0) is 0 Å². The van der Waals surface area contributed by atoms with Gasteiger partial charge in [-0.05, 0) is 36.2 Å².